The van der Waals surface area contributed by atoms with Gasteiger partial charge < -0.3 is 0 Å². The molecule has 1 heterocycles. The molecule has 1 aromatic heterocycles. The molecule has 0 unspecified atom stereocenters. The first-order chi connectivity index (χ1) is 7.47. The molecule has 0 radical (unpaired) electrons. The zero-order valence-electron chi connectivity index (χ0n) is 8.36. The van der Waals surface area contributed by atoms with Crippen LogP contribution >= 0.6 is 0 Å². The van der Waals surface area contributed by atoms with Crippen LogP contribution in [0.4, 0.5) is 13.2 Å². The van der Waals surface area contributed by atoms with E-state index in [0.717, 1.165) is 12.1 Å². The summed E-state index contributed by atoms with van der Waals surface area (Å²) in [4.78, 5) is 3.69. The van der Waals surface area contributed by atoms with Crippen molar-refractivity contribution in [2.75, 3.05) is 0 Å². The third-order valence-corrected chi connectivity index (χ3v) is 2.07. The molecule has 0 saturated heterocycles. The molecule has 84 valence electrons. The number of aryl methyl sites for hydroxylation is 1. The Labute approximate surface area is 89.5 Å². The molecular formula is C10H8F3N3. The minimum atomic E-state index is -4.35. The van der Waals surface area contributed by atoms with E-state index >= 15 is 0 Å². The molecule has 0 bridgehead atoms. The summed E-state index contributed by atoms with van der Waals surface area (Å²) in [6.45, 7) is 1.61. The zero-order valence-corrected chi connectivity index (χ0v) is 8.36. The fourth-order valence-corrected chi connectivity index (χ4v) is 1.40. The first kappa shape index (κ1) is 10.7. The summed E-state index contributed by atoms with van der Waals surface area (Å²) in [6.07, 6.45) is -1.72. The van der Waals surface area contributed by atoms with Crippen molar-refractivity contribution in [1.82, 2.24) is 14.8 Å². The largest absolute Gasteiger partial charge is 0.416 e. The molecule has 0 aliphatic rings. The van der Waals surface area contributed by atoms with E-state index in [1.54, 1.807) is 13.0 Å². The fourth-order valence-electron chi connectivity index (χ4n) is 1.40. The molecule has 0 atom stereocenters. The van der Waals surface area contributed by atoms with Crippen LogP contribution in [0.25, 0.3) is 5.69 Å². The van der Waals surface area contributed by atoms with E-state index in [-0.39, 0.29) is 0 Å². The SMILES string of the molecule is Cc1cc(-n2cncn2)cc(C(F)(F)F)c1. The Bertz CT molecular complexity index is 489. The van der Waals surface area contributed by atoms with E-state index in [2.05, 4.69) is 10.1 Å². The molecule has 0 fully saturated rings. The summed E-state index contributed by atoms with van der Waals surface area (Å²) in [5, 5.41) is 3.79. The number of rotatable bonds is 1. The second-order valence-electron chi connectivity index (χ2n) is 3.40. The lowest BCUT2D eigenvalue weighted by atomic mass is 10.1. The van der Waals surface area contributed by atoms with Crippen LogP contribution in [0.15, 0.2) is 30.9 Å². The maximum atomic E-state index is 12.5. The highest BCUT2D eigenvalue weighted by Gasteiger charge is 2.31. The van der Waals surface area contributed by atoms with Crippen LogP contribution in [-0.4, -0.2) is 14.8 Å². The van der Waals surface area contributed by atoms with Gasteiger partial charge in [-0.3, -0.25) is 0 Å². The lowest BCUT2D eigenvalue weighted by Gasteiger charge is -2.10. The molecule has 2 aromatic rings. The second-order valence-corrected chi connectivity index (χ2v) is 3.40. The van der Waals surface area contributed by atoms with Crippen molar-refractivity contribution < 1.29 is 13.2 Å². The topological polar surface area (TPSA) is 30.7 Å². The molecule has 1 aromatic carbocycles. The van der Waals surface area contributed by atoms with Crippen LogP contribution in [0, 0.1) is 6.92 Å². The molecule has 6 heteroatoms. The smallest absolute Gasteiger partial charge is 0.223 e. The minimum absolute atomic E-state index is 0.352. The van der Waals surface area contributed by atoms with Crippen LogP contribution in [0.5, 0.6) is 0 Å². The third kappa shape index (κ3) is 2.05. The van der Waals surface area contributed by atoms with Gasteiger partial charge in [0.2, 0.25) is 0 Å². The minimum Gasteiger partial charge on any atom is -0.223 e. The predicted octanol–water partition coefficient (Wildman–Crippen LogP) is 2.59. The van der Waals surface area contributed by atoms with Crippen LogP contribution in [0.2, 0.25) is 0 Å². The molecule has 3 nitrogen and oxygen atoms in total. The second kappa shape index (κ2) is 3.62. The molecule has 2 rings (SSSR count). The Hall–Kier alpha value is -1.85. The molecule has 0 amide bonds. The van der Waals surface area contributed by atoms with Crippen molar-refractivity contribution in [2.45, 2.75) is 13.1 Å². The van der Waals surface area contributed by atoms with E-state index in [4.69, 9.17) is 0 Å². The molecule has 0 aliphatic carbocycles. The highest BCUT2D eigenvalue weighted by atomic mass is 19.4. The number of aromatic nitrogens is 3. The number of nitrogens with zero attached hydrogens (tertiary/aromatic N) is 3. The van der Waals surface area contributed by atoms with Gasteiger partial charge in [0.15, 0.2) is 0 Å². The van der Waals surface area contributed by atoms with Crippen LogP contribution in [-0.2, 0) is 6.18 Å². The summed E-state index contributed by atoms with van der Waals surface area (Å²) in [5.41, 5.74) is 0.197. The molecule has 0 N–H and O–H groups in total. The number of hydrogen-bond acceptors (Lipinski definition) is 2. The Morgan fingerprint density at radius 1 is 1.19 bits per heavy atom. The summed E-state index contributed by atoms with van der Waals surface area (Å²) < 4.78 is 38.9. The summed E-state index contributed by atoms with van der Waals surface area (Å²) >= 11 is 0. The van der Waals surface area contributed by atoms with Crippen LogP contribution in [0.1, 0.15) is 11.1 Å². The van der Waals surface area contributed by atoms with Crippen LogP contribution < -0.4 is 0 Å². The molecule has 16 heavy (non-hydrogen) atoms. The van der Waals surface area contributed by atoms with E-state index in [1.165, 1.54) is 17.3 Å². The maximum Gasteiger partial charge on any atom is 0.416 e. The quantitative estimate of drug-likeness (QED) is 0.749. The fraction of sp³-hybridized carbons (Fsp3) is 0.200. The van der Waals surface area contributed by atoms with E-state index in [1.807, 2.05) is 0 Å². The lowest BCUT2D eigenvalue weighted by Crippen LogP contribution is -2.07. The highest BCUT2D eigenvalue weighted by molar-refractivity contribution is 5.40. The van der Waals surface area contributed by atoms with Gasteiger partial charge in [-0.25, -0.2) is 9.67 Å². The van der Waals surface area contributed by atoms with E-state index < -0.39 is 11.7 Å². The van der Waals surface area contributed by atoms with Gasteiger partial charge in [-0.05, 0) is 30.7 Å². The highest BCUT2D eigenvalue weighted by Crippen LogP contribution is 2.31. The van der Waals surface area contributed by atoms with Gasteiger partial charge >= 0.3 is 6.18 Å². The Kier molecular flexibility index (Phi) is 2.41. The van der Waals surface area contributed by atoms with E-state index in [9.17, 15) is 13.2 Å². The molecular weight excluding hydrogens is 219 g/mol. The van der Waals surface area contributed by atoms with Gasteiger partial charge in [-0.1, -0.05) is 0 Å². The van der Waals surface area contributed by atoms with Crippen molar-refractivity contribution in [3.63, 3.8) is 0 Å². The predicted molar refractivity (Wildman–Crippen MR) is 51.1 cm³/mol. The van der Waals surface area contributed by atoms with Crippen molar-refractivity contribution in [3.8, 4) is 5.69 Å². The third-order valence-electron chi connectivity index (χ3n) is 2.07. The van der Waals surface area contributed by atoms with E-state index in [0.29, 0.717) is 11.3 Å². The van der Waals surface area contributed by atoms with Crippen molar-refractivity contribution in [3.05, 3.63) is 42.0 Å². The summed E-state index contributed by atoms with van der Waals surface area (Å²) in [6, 6.07) is 3.76. The number of halogens is 3. The monoisotopic (exact) mass is 227 g/mol. The number of alkyl halides is 3. The van der Waals surface area contributed by atoms with Gasteiger partial charge in [0.1, 0.15) is 12.7 Å². The molecule has 0 saturated carbocycles. The Morgan fingerprint density at radius 3 is 2.50 bits per heavy atom. The first-order valence-corrected chi connectivity index (χ1v) is 4.51. The van der Waals surface area contributed by atoms with Gasteiger partial charge in [0.05, 0.1) is 11.3 Å². The number of benzene rings is 1. The maximum absolute atomic E-state index is 12.5. The number of hydrogen-bond donors (Lipinski definition) is 0. The zero-order chi connectivity index (χ0) is 11.8. The van der Waals surface area contributed by atoms with Gasteiger partial charge in [-0.2, -0.15) is 18.3 Å². The Morgan fingerprint density at radius 2 is 1.94 bits per heavy atom. The van der Waals surface area contributed by atoms with Crippen molar-refractivity contribution in [1.29, 1.82) is 0 Å². The van der Waals surface area contributed by atoms with Gasteiger partial charge in [0, 0.05) is 0 Å². The van der Waals surface area contributed by atoms with Gasteiger partial charge in [-0.15, -0.1) is 0 Å². The van der Waals surface area contributed by atoms with Crippen molar-refractivity contribution >= 4 is 0 Å². The average molecular weight is 227 g/mol. The van der Waals surface area contributed by atoms with Crippen LogP contribution in [0.3, 0.4) is 0 Å². The lowest BCUT2D eigenvalue weighted by molar-refractivity contribution is -0.137. The summed E-state index contributed by atoms with van der Waals surface area (Å²) in [7, 11) is 0. The molecule has 0 spiro atoms. The standard InChI is InChI=1S/C10H8F3N3/c1-7-2-8(10(11,12)13)4-9(3-7)16-6-14-5-15-16/h2-6H,1H3. The summed E-state index contributed by atoms with van der Waals surface area (Å²) in [5.74, 6) is 0. The average Bonchev–Trinajstić information content (AvgIpc) is 2.68. The Balaban J connectivity index is 2.53. The molecule has 0 aliphatic heterocycles. The van der Waals surface area contributed by atoms with Gasteiger partial charge in [0.25, 0.3) is 0 Å². The first-order valence-electron chi connectivity index (χ1n) is 4.51. The normalized spacial score (nSPS) is 11.8. The van der Waals surface area contributed by atoms with Crippen molar-refractivity contribution in [2.24, 2.45) is 0 Å².